The van der Waals surface area contributed by atoms with E-state index < -0.39 is 6.04 Å². The van der Waals surface area contributed by atoms with E-state index in [2.05, 4.69) is 33.1 Å². The second kappa shape index (κ2) is 8.46. The van der Waals surface area contributed by atoms with Gasteiger partial charge in [-0.15, -0.1) is 5.10 Å². The molecule has 2 aliphatic heterocycles. The predicted octanol–water partition coefficient (Wildman–Crippen LogP) is 0.921. The van der Waals surface area contributed by atoms with Crippen LogP contribution in [0.3, 0.4) is 0 Å². The number of aromatic nitrogens is 4. The first-order valence-corrected chi connectivity index (χ1v) is 10.3. The van der Waals surface area contributed by atoms with Gasteiger partial charge in [-0.1, -0.05) is 18.5 Å². The molecule has 10 heteroatoms. The molecular weight excluding hydrogens is 394 g/mol. The normalized spacial score (nSPS) is 24.1. The second-order valence-electron chi connectivity index (χ2n) is 7.63. The Morgan fingerprint density at radius 1 is 1.34 bits per heavy atom. The number of benzene rings is 1. The van der Waals surface area contributed by atoms with Gasteiger partial charge in [-0.05, 0) is 65.9 Å². The van der Waals surface area contributed by atoms with Crippen molar-refractivity contribution in [2.75, 3.05) is 13.1 Å². The molecule has 2 N–H and O–H groups in total. The lowest BCUT2D eigenvalue weighted by Crippen LogP contribution is -2.52. The minimum absolute atomic E-state index is 0.0322. The van der Waals surface area contributed by atoms with Gasteiger partial charge in [0.2, 0.25) is 11.8 Å². The number of carbonyl (C=O) groups is 2. The third-order valence-electron chi connectivity index (χ3n) is 5.73. The van der Waals surface area contributed by atoms with Crippen LogP contribution in [-0.4, -0.2) is 62.1 Å². The van der Waals surface area contributed by atoms with Gasteiger partial charge < -0.3 is 15.5 Å². The Morgan fingerprint density at radius 3 is 2.93 bits per heavy atom. The van der Waals surface area contributed by atoms with Gasteiger partial charge >= 0.3 is 0 Å². The lowest BCUT2D eigenvalue weighted by molar-refractivity contribution is -0.140. The van der Waals surface area contributed by atoms with E-state index in [4.69, 9.17) is 11.6 Å². The lowest BCUT2D eigenvalue weighted by Gasteiger charge is -2.28. The van der Waals surface area contributed by atoms with Gasteiger partial charge in [0.15, 0.2) is 0 Å². The van der Waals surface area contributed by atoms with Gasteiger partial charge in [0.05, 0.1) is 11.7 Å². The van der Waals surface area contributed by atoms with Crippen molar-refractivity contribution in [2.24, 2.45) is 5.92 Å². The van der Waals surface area contributed by atoms with E-state index >= 15 is 0 Å². The average molecular weight is 418 g/mol. The Labute approximate surface area is 173 Å². The number of amides is 2. The highest BCUT2D eigenvalue weighted by molar-refractivity contribution is 6.30. The molecule has 0 bridgehead atoms. The Hall–Kier alpha value is -2.52. The largest absolute Gasteiger partial charge is 0.350 e. The first-order valence-electron chi connectivity index (χ1n) is 9.88. The minimum atomic E-state index is -0.437. The Morgan fingerprint density at radius 2 is 2.21 bits per heavy atom. The molecule has 1 aromatic heterocycles. The fourth-order valence-electron chi connectivity index (χ4n) is 4.14. The van der Waals surface area contributed by atoms with Crippen molar-refractivity contribution >= 4 is 23.4 Å². The summed E-state index contributed by atoms with van der Waals surface area (Å²) in [6.45, 7) is 3.81. The number of halogens is 1. The molecule has 154 valence electrons. The molecule has 29 heavy (non-hydrogen) atoms. The first kappa shape index (κ1) is 19.8. The van der Waals surface area contributed by atoms with E-state index in [-0.39, 0.29) is 30.3 Å². The van der Waals surface area contributed by atoms with Crippen LogP contribution in [0.4, 0.5) is 0 Å². The van der Waals surface area contributed by atoms with Gasteiger partial charge in [-0.25, -0.2) is 4.68 Å². The summed E-state index contributed by atoms with van der Waals surface area (Å²) in [6, 6.07) is 4.70. The maximum atomic E-state index is 12.9. The van der Waals surface area contributed by atoms with Crippen LogP contribution in [0.2, 0.25) is 5.02 Å². The molecule has 0 radical (unpaired) electrons. The van der Waals surface area contributed by atoms with Gasteiger partial charge in [0.25, 0.3) is 0 Å². The van der Waals surface area contributed by atoms with Gasteiger partial charge in [0, 0.05) is 18.1 Å². The van der Waals surface area contributed by atoms with Crippen molar-refractivity contribution in [1.29, 1.82) is 0 Å². The third kappa shape index (κ3) is 4.11. The first-order chi connectivity index (χ1) is 14.0. The topological polar surface area (TPSA) is 105 Å². The molecule has 2 saturated heterocycles. The van der Waals surface area contributed by atoms with Crippen LogP contribution in [-0.2, 0) is 16.1 Å². The summed E-state index contributed by atoms with van der Waals surface area (Å²) in [5.41, 5.74) is 1.53. The lowest BCUT2D eigenvalue weighted by atomic mass is 10.0. The highest BCUT2D eigenvalue weighted by atomic mass is 35.5. The van der Waals surface area contributed by atoms with Crippen molar-refractivity contribution in [3.63, 3.8) is 0 Å². The predicted molar refractivity (Wildman–Crippen MR) is 106 cm³/mol. The van der Waals surface area contributed by atoms with Crippen LogP contribution in [0.1, 0.15) is 31.7 Å². The van der Waals surface area contributed by atoms with Crippen molar-refractivity contribution < 1.29 is 9.59 Å². The molecule has 3 atom stereocenters. The molecule has 0 aliphatic carbocycles. The summed E-state index contributed by atoms with van der Waals surface area (Å²) in [6.07, 6.45) is 3.98. The van der Waals surface area contributed by atoms with Crippen LogP contribution < -0.4 is 10.6 Å². The highest BCUT2D eigenvalue weighted by Gasteiger charge is 2.40. The van der Waals surface area contributed by atoms with Crippen molar-refractivity contribution in [3.05, 3.63) is 35.1 Å². The summed E-state index contributed by atoms with van der Waals surface area (Å²) < 4.78 is 1.52. The quantitative estimate of drug-likeness (QED) is 0.749. The summed E-state index contributed by atoms with van der Waals surface area (Å²) in [7, 11) is 0. The molecule has 2 aromatic rings. The van der Waals surface area contributed by atoms with Crippen LogP contribution >= 0.6 is 11.6 Å². The van der Waals surface area contributed by atoms with Gasteiger partial charge in [0.1, 0.15) is 12.4 Å². The maximum Gasteiger partial charge on any atom is 0.243 e. The van der Waals surface area contributed by atoms with Gasteiger partial charge in [-0.2, -0.15) is 0 Å². The molecular formula is C19H24ClN7O2. The number of hydrogen-bond donors (Lipinski definition) is 2. The van der Waals surface area contributed by atoms with E-state index in [1.54, 1.807) is 23.1 Å². The Balaban J connectivity index is 1.44. The number of nitrogens with zero attached hydrogens (tertiary/aromatic N) is 5. The summed E-state index contributed by atoms with van der Waals surface area (Å²) in [5, 5.41) is 18.0. The van der Waals surface area contributed by atoms with E-state index in [1.165, 1.54) is 11.0 Å². The van der Waals surface area contributed by atoms with E-state index in [9.17, 15) is 9.59 Å². The van der Waals surface area contributed by atoms with Crippen LogP contribution in [0.25, 0.3) is 5.69 Å². The number of carbonyl (C=O) groups excluding carboxylic acids is 2. The maximum absolute atomic E-state index is 12.9. The fraction of sp³-hybridized carbons (Fsp3) is 0.526. The van der Waals surface area contributed by atoms with Crippen molar-refractivity contribution in [3.8, 4) is 5.69 Å². The zero-order valence-corrected chi connectivity index (χ0v) is 17.0. The average Bonchev–Trinajstić information content (AvgIpc) is 3.46. The molecule has 0 spiro atoms. The molecule has 2 fully saturated rings. The summed E-state index contributed by atoms with van der Waals surface area (Å²) >= 11 is 6.14. The smallest absolute Gasteiger partial charge is 0.243 e. The summed E-state index contributed by atoms with van der Waals surface area (Å²) in [4.78, 5) is 27.6. The van der Waals surface area contributed by atoms with Crippen LogP contribution in [0, 0.1) is 5.92 Å². The Kier molecular flexibility index (Phi) is 5.77. The monoisotopic (exact) mass is 417 g/mol. The molecule has 3 heterocycles. The van der Waals surface area contributed by atoms with Gasteiger partial charge in [-0.3, -0.25) is 9.59 Å². The molecule has 4 rings (SSSR count). The van der Waals surface area contributed by atoms with Crippen molar-refractivity contribution in [1.82, 2.24) is 35.7 Å². The SMILES string of the molecule is C[C@H]1CCN[C@H]1C(=O)N1CCC[C@H]1C(=O)NCc1cc(Cl)ccc1-n1cnnn1. The number of likely N-dealkylation sites (tertiary alicyclic amines) is 1. The summed E-state index contributed by atoms with van der Waals surface area (Å²) in [5.74, 6) is 0.172. The zero-order valence-electron chi connectivity index (χ0n) is 16.2. The third-order valence-corrected chi connectivity index (χ3v) is 5.96. The molecule has 2 aliphatic rings. The van der Waals surface area contributed by atoms with Crippen LogP contribution in [0.15, 0.2) is 24.5 Å². The molecule has 2 amide bonds. The number of rotatable bonds is 5. The fourth-order valence-corrected chi connectivity index (χ4v) is 4.33. The number of tetrazole rings is 1. The van der Waals surface area contributed by atoms with Crippen molar-refractivity contribution in [2.45, 2.75) is 44.8 Å². The zero-order chi connectivity index (χ0) is 20.4. The van der Waals surface area contributed by atoms with E-state index in [0.717, 1.165) is 30.6 Å². The molecule has 9 nitrogen and oxygen atoms in total. The number of nitrogens with one attached hydrogen (secondary N) is 2. The molecule has 0 saturated carbocycles. The van der Waals surface area contributed by atoms with Crippen LogP contribution in [0.5, 0.6) is 0 Å². The molecule has 0 unspecified atom stereocenters. The highest BCUT2D eigenvalue weighted by Crippen LogP contribution is 2.24. The minimum Gasteiger partial charge on any atom is -0.350 e. The molecule has 1 aromatic carbocycles. The standard InChI is InChI=1S/C19H24ClN7O2/c1-12-6-7-21-17(12)19(29)26-8-2-3-16(26)18(28)22-10-13-9-14(20)4-5-15(13)27-11-23-24-25-27/h4-5,9,11-12,16-17,21H,2-3,6-8,10H2,1H3,(H,22,28)/t12-,16-,17+/m0/s1. The Bertz CT molecular complexity index is 889. The van der Waals surface area contributed by atoms with E-state index in [1.807, 2.05) is 0 Å². The van der Waals surface area contributed by atoms with E-state index in [0.29, 0.717) is 18.0 Å². The second-order valence-corrected chi connectivity index (χ2v) is 8.07. The number of hydrogen-bond acceptors (Lipinski definition) is 6.